The third kappa shape index (κ3) is 27.8. The molecule has 5 nitrogen and oxygen atoms in total. The number of rotatable bonds is 27. The highest BCUT2D eigenvalue weighted by Crippen LogP contribution is 2.08. The zero-order valence-electron chi connectivity index (χ0n) is 20.3. The van der Waals surface area contributed by atoms with Gasteiger partial charge in [-0.3, -0.25) is 0 Å². The zero-order chi connectivity index (χ0) is 21.8. The Bertz CT molecular complexity index is 261. The fraction of sp³-hybridized carbons (Fsp3) is 1.00. The van der Waals surface area contributed by atoms with Crippen molar-refractivity contribution >= 4 is 0 Å². The molecule has 0 aliphatic rings. The third-order valence-corrected chi connectivity index (χ3v) is 5.02. The van der Waals surface area contributed by atoms with Crippen LogP contribution in [0.15, 0.2) is 0 Å². The first-order valence-corrected chi connectivity index (χ1v) is 12.8. The molecule has 0 aliphatic heterocycles. The summed E-state index contributed by atoms with van der Waals surface area (Å²) in [7, 11) is 0. The highest BCUT2D eigenvalue weighted by atomic mass is 16.6. The van der Waals surface area contributed by atoms with Crippen molar-refractivity contribution in [3.63, 3.8) is 0 Å². The van der Waals surface area contributed by atoms with Crippen LogP contribution in [0.4, 0.5) is 0 Å². The predicted octanol–water partition coefficient (Wildman–Crippen LogP) is 6.18. The van der Waals surface area contributed by atoms with Crippen LogP contribution >= 0.6 is 0 Å². The molecular formula is C25H52O5. The Labute approximate surface area is 187 Å². The molecule has 0 spiro atoms. The molecule has 0 aromatic carbocycles. The van der Waals surface area contributed by atoms with Gasteiger partial charge in [0, 0.05) is 13.2 Å². The van der Waals surface area contributed by atoms with Gasteiger partial charge in [-0.25, -0.2) is 0 Å². The van der Waals surface area contributed by atoms with E-state index in [1.807, 2.05) is 0 Å². The highest BCUT2D eigenvalue weighted by molar-refractivity contribution is 4.46. The van der Waals surface area contributed by atoms with Gasteiger partial charge in [0.05, 0.1) is 52.9 Å². The molecule has 0 aromatic heterocycles. The molecule has 0 heterocycles. The van der Waals surface area contributed by atoms with Crippen LogP contribution in [0.5, 0.6) is 0 Å². The lowest BCUT2D eigenvalue weighted by Gasteiger charge is -2.08. The van der Waals surface area contributed by atoms with Crippen molar-refractivity contribution in [1.82, 2.24) is 0 Å². The molecule has 0 N–H and O–H groups in total. The lowest BCUT2D eigenvalue weighted by Crippen LogP contribution is -2.13. The Kier molecular flexibility index (Phi) is 28.6. The van der Waals surface area contributed by atoms with Gasteiger partial charge in [0.15, 0.2) is 0 Å². The van der Waals surface area contributed by atoms with Crippen LogP contribution in [0, 0.1) is 0 Å². The predicted molar refractivity (Wildman–Crippen MR) is 125 cm³/mol. The summed E-state index contributed by atoms with van der Waals surface area (Å²) in [5.41, 5.74) is 0. The van der Waals surface area contributed by atoms with Crippen molar-refractivity contribution in [2.24, 2.45) is 0 Å². The normalized spacial score (nSPS) is 11.4. The minimum absolute atomic E-state index is 0.606. The van der Waals surface area contributed by atoms with E-state index in [0.717, 1.165) is 19.6 Å². The van der Waals surface area contributed by atoms with E-state index in [0.29, 0.717) is 52.9 Å². The van der Waals surface area contributed by atoms with Crippen LogP contribution in [-0.2, 0) is 23.7 Å². The number of hydrogen-bond acceptors (Lipinski definition) is 5. The van der Waals surface area contributed by atoms with Gasteiger partial charge >= 0.3 is 0 Å². The van der Waals surface area contributed by atoms with Crippen LogP contribution in [0.2, 0.25) is 0 Å². The molecule has 0 unspecified atom stereocenters. The second-order valence-electron chi connectivity index (χ2n) is 7.95. The molecule has 0 rings (SSSR count). The number of hydrogen-bond donors (Lipinski definition) is 0. The summed E-state index contributed by atoms with van der Waals surface area (Å²) in [6, 6.07) is 0. The van der Waals surface area contributed by atoms with Crippen molar-refractivity contribution in [1.29, 1.82) is 0 Å². The summed E-state index contributed by atoms with van der Waals surface area (Å²) in [6.45, 7) is 11.3. The third-order valence-electron chi connectivity index (χ3n) is 5.02. The largest absolute Gasteiger partial charge is 0.379 e. The summed E-state index contributed by atoms with van der Waals surface area (Å²) in [5.74, 6) is 0. The molecule has 0 aromatic rings. The standard InChI is InChI=1S/C25H52O5/c1-3-5-7-9-10-11-13-15-17-27-19-21-29-23-25-30-24-22-28-20-18-26-16-14-12-8-6-4-2/h3-25H2,1-2H3. The maximum Gasteiger partial charge on any atom is 0.0701 e. The second-order valence-corrected chi connectivity index (χ2v) is 7.95. The van der Waals surface area contributed by atoms with Crippen molar-refractivity contribution in [3.8, 4) is 0 Å². The van der Waals surface area contributed by atoms with E-state index in [4.69, 9.17) is 23.7 Å². The number of ether oxygens (including phenoxy) is 5. The molecule has 0 bridgehead atoms. The molecule has 0 saturated heterocycles. The molecule has 182 valence electrons. The van der Waals surface area contributed by atoms with Gasteiger partial charge in [0.2, 0.25) is 0 Å². The minimum atomic E-state index is 0.606. The Morgan fingerprint density at radius 3 is 0.800 bits per heavy atom. The summed E-state index contributed by atoms with van der Waals surface area (Å²) >= 11 is 0. The van der Waals surface area contributed by atoms with Crippen molar-refractivity contribution in [2.45, 2.75) is 97.3 Å². The van der Waals surface area contributed by atoms with Gasteiger partial charge in [0.1, 0.15) is 0 Å². The van der Waals surface area contributed by atoms with Crippen molar-refractivity contribution in [2.75, 3.05) is 66.1 Å². The van der Waals surface area contributed by atoms with Crippen molar-refractivity contribution < 1.29 is 23.7 Å². The van der Waals surface area contributed by atoms with E-state index in [1.165, 1.54) is 77.0 Å². The SMILES string of the molecule is CCCCCCCCCCOCCOCCOCCOCCOCCCCCCC. The van der Waals surface area contributed by atoms with Crippen LogP contribution in [0.3, 0.4) is 0 Å². The quantitative estimate of drug-likeness (QED) is 0.145. The maximum atomic E-state index is 5.61. The van der Waals surface area contributed by atoms with Gasteiger partial charge in [0.25, 0.3) is 0 Å². The van der Waals surface area contributed by atoms with E-state index < -0.39 is 0 Å². The van der Waals surface area contributed by atoms with Gasteiger partial charge in [-0.1, -0.05) is 84.5 Å². The van der Waals surface area contributed by atoms with Crippen LogP contribution in [0.25, 0.3) is 0 Å². The lowest BCUT2D eigenvalue weighted by atomic mass is 10.1. The molecule has 0 amide bonds. The molecule has 0 saturated carbocycles. The van der Waals surface area contributed by atoms with Gasteiger partial charge in [-0.05, 0) is 12.8 Å². The van der Waals surface area contributed by atoms with Crippen LogP contribution < -0.4 is 0 Å². The number of unbranched alkanes of at least 4 members (excludes halogenated alkanes) is 11. The summed E-state index contributed by atoms with van der Waals surface area (Å²) in [5, 5.41) is 0. The molecular weight excluding hydrogens is 380 g/mol. The van der Waals surface area contributed by atoms with E-state index in [-0.39, 0.29) is 0 Å². The summed E-state index contributed by atoms with van der Waals surface area (Å²) in [4.78, 5) is 0. The summed E-state index contributed by atoms with van der Waals surface area (Å²) < 4.78 is 27.7. The first-order chi connectivity index (χ1) is 14.9. The smallest absolute Gasteiger partial charge is 0.0701 e. The molecule has 0 atom stereocenters. The lowest BCUT2D eigenvalue weighted by molar-refractivity contribution is -0.0114. The first-order valence-electron chi connectivity index (χ1n) is 12.8. The van der Waals surface area contributed by atoms with Crippen molar-refractivity contribution in [3.05, 3.63) is 0 Å². The van der Waals surface area contributed by atoms with E-state index in [1.54, 1.807) is 0 Å². The molecule has 0 fully saturated rings. The molecule has 5 heteroatoms. The summed E-state index contributed by atoms with van der Waals surface area (Å²) in [6.07, 6.45) is 17.1. The second kappa shape index (κ2) is 28.8. The topological polar surface area (TPSA) is 46.2 Å². The van der Waals surface area contributed by atoms with Crippen LogP contribution in [-0.4, -0.2) is 66.1 Å². The molecule has 30 heavy (non-hydrogen) atoms. The van der Waals surface area contributed by atoms with Gasteiger partial charge in [-0.15, -0.1) is 0 Å². The average Bonchev–Trinajstić information content (AvgIpc) is 2.76. The molecule has 0 radical (unpaired) electrons. The maximum absolute atomic E-state index is 5.61. The Morgan fingerprint density at radius 1 is 0.267 bits per heavy atom. The minimum Gasteiger partial charge on any atom is -0.379 e. The Hall–Kier alpha value is -0.200. The highest BCUT2D eigenvalue weighted by Gasteiger charge is 1.95. The van der Waals surface area contributed by atoms with E-state index in [2.05, 4.69) is 13.8 Å². The van der Waals surface area contributed by atoms with E-state index in [9.17, 15) is 0 Å². The average molecular weight is 433 g/mol. The zero-order valence-corrected chi connectivity index (χ0v) is 20.3. The molecule has 0 aliphatic carbocycles. The first kappa shape index (κ1) is 29.8. The monoisotopic (exact) mass is 432 g/mol. The fourth-order valence-corrected chi connectivity index (χ4v) is 3.13. The van der Waals surface area contributed by atoms with Gasteiger partial charge < -0.3 is 23.7 Å². The Balaban J connectivity index is 2.97. The van der Waals surface area contributed by atoms with Gasteiger partial charge in [-0.2, -0.15) is 0 Å². The van der Waals surface area contributed by atoms with Crippen LogP contribution in [0.1, 0.15) is 97.3 Å². The van der Waals surface area contributed by atoms with E-state index >= 15 is 0 Å². The Morgan fingerprint density at radius 2 is 0.500 bits per heavy atom. The fourth-order valence-electron chi connectivity index (χ4n) is 3.13.